The summed E-state index contributed by atoms with van der Waals surface area (Å²) in [6, 6.07) is 5.36. The number of amides is 1. The van der Waals surface area contributed by atoms with Crippen LogP contribution < -0.4 is 11.2 Å². The van der Waals surface area contributed by atoms with Gasteiger partial charge in [0.2, 0.25) is 11.1 Å². The lowest BCUT2D eigenvalue weighted by Gasteiger charge is -2.08. The van der Waals surface area contributed by atoms with Gasteiger partial charge in [-0.2, -0.15) is 5.10 Å². The molecule has 4 heterocycles. The van der Waals surface area contributed by atoms with Crippen molar-refractivity contribution < 1.29 is 18.7 Å². The van der Waals surface area contributed by atoms with Gasteiger partial charge in [-0.3, -0.25) is 4.79 Å². The van der Waals surface area contributed by atoms with Crippen molar-refractivity contribution in [2.45, 2.75) is 25.9 Å². The first-order valence-corrected chi connectivity index (χ1v) is 11.7. The topological polar surface area (TPSA) is 143 Å². The van der Waals surface area contributed by atoms with Crippen LogP contribution >= 0.6 is 23.1 Å². The Balaban J connectivity index is 1.48. The fourth-order valence-corrected chi connectivity index (χ4v) is 4.71. The second kappa shape index (κ2) is 9.50. The van der Waals surface area contributed by atoms with Gasteiger partial charge < -0.3 is 20.3 Å². The van der Waals surface area contributed by atoms with E-state index in [9.17, 15) is 9.59 Å². The average molecular weight is 488 g/mol. The van der Waals surface area contributed by atoms with E-state index in [1.807, 2.05) is 19.9 Å². The van der Waals surface area contributed by atoms with Gasteiger partial charge in [0, 0.05) is 16.6 Å². The van der Waals surface area contributed by atoms with Crippen LogP contribution in [0.3, 0.4) is 0 Å². The highest BCUT2D eigenvalue weighted by molar-refractivity contribution is 7.99. The molecular weight excluding hydrogens is 466 g/mol. The molecule has 0 bridgehead atoms. The van der Waals surface area contributed by atoms with Crippen molar-refractivity contribution in [3.63, 3.8) is 0 Å². The van der Waals surface area contributed by atoms with E-state index in [1.165, 1.54) is 22.3 Å². The number of nitrogen functional groups attached to an aromatic ring is 1. The number of hydrogen-bond donors (Lipinski definition) is 2. The third kappa shape index (κ3) is 4.64. The number of furan rings is 1. The monoisotopic (exact) mass is 487 g/mol. The number of thiophene rings is 1. The van der Waals surface area contributed by atoms with Crippen LogP contribution in [0.25, 0.3) is 17.3 Å². The largest absolute Gasteiger partial charge is 0.464 e. The quantitative estimate of drug-likeness (QED) is 0.218. The molecule has 0 aliphatic heterocycles. The molecule has 0 saturated carbocycles. The molecule has 0 unspecified atom stereocenters. The van der Waals surface area contributed by atoms with E-state index in [2.05, 4.69) is 20.6 Å². The minimum atomic E-state index is -0.538. The molecule has 0 atom stereocenters. The number of anilines is 1. The number of rotatable bonds is 8. The van der Waals surface area contributed by atoms with Crippen molar-refractivity contribution in [3.05, 3.63) is 46.8 Å². The summed E-state index contributed by atoms with van der Waals surface area (Å²) < 4.78 is 13.5. The molecule has 13 heteroatoms. The third-order valence-electron chi connectivity index (χ3n) is 4.49. The van der Waals surface area contributed by atoms with E-state index in [4.69, 9.17) is 15.0 Å². The summed E-state index contributed by atoms with van der Waals surface area (Å²) in [6.07, 6.45) is 1.51. The Bertz CT molecular complexity index is 1290. The Labute approximate surface area is 196 Å². The van der Waals surface area contributed by atoms with Gasteiger partial charge in [-0.15, -0.1) is 21.5 Å². The summed E-state index contributed by atoms with van der Waals surface area (Å²) in [5.41, 5.74) is 2.50. The number of thioether (sulfide) groups is 1. The van der Waals surface area contributed by atoms with Crippen molar-refractivity contribution in [2.24, 2.45) is 0 Å². The Kier molecular flexibility index (Phi) is 6.51. The van der Waals surface area contributed by atoms with Gasteiger partial charge in [0.1, 0.15) is 16.3 Å². The van der Waals surface area contributed by atoms with Gasteiger partial charge in [0.05, 0.1) is 24.3 Å². The summed E-state index contributed by atoms with van der Waals surface area (Å²) in [7, 11) is 0. The Morgan fingerprint density at radius 1 is 1.33 bits per heavy atom. The Morgan fingerprint density at radius 2 is 2.15 bits per heavy atom. The standard InChI is InChI=1S/C20H21N7O4S2/c1-4-30-18(29)16-13(14-6-5-7-31-14)9-32-17(16)22-15(28)10-33-20-24-23-19(26(20)21)27-12(3)8-11(2)25-27/h5-9H,4,10,21H2,1-3H3,(H,22,28). The van der Waals surface area contributed by atoms with E-state index in [1.54, 1.807) is 29.1 Å². The number of nitrogens with zero attached hydrogens (tertiary/aromatic N) is 5. The lowest BCUT2D eigenvalue weighted by atomic mass is 10.1. The van der Waals surface area contributed by atoms with Crippen LogP contribution in [-0.4, -0.2) is 48.9 Å². The zero-order valence-electron chi connectivity index (χ0n) is 18.1. The van der Waals surface area contributed by atoms with Crippen molar-refractivity contribution in [1.82, 2.24) is 24.7 Å². The number of ether oxygens (including phenoxy) is 1. The van der Waals surface area contributed by atoms with E-state index < -0.39 is 5.97 Å². The van der Waals surface area contributed by atoms with Gasteiger partial charge in [0.15, 0.2) is 0 Å². The SMILES string of the molecule is CCOC(=O)c1c(-c2ccco2)csc1NC(=O)CSc1nnc(-n2nc(C)cc2C)n1N. The summed E-state index contributed by atoms with van der Waals surface area (Å²) in [5, 5.41) is 17.7. The van der Waals surface area contributed by atoms with Gasteiger partial charge >= 0.3 is 5.97 Å². The Hall–Kier alpha value is -3.58. The van der Waals surface area contributed by atoms with Gasteiger partial charge in [-0.05, 0) is 39.0 Å². The summed E-state index contributed by atoms with van der Waals surface area (Å²) >= 11 is 2.33. The highest BCUT2D eigenvalue weighted by Gasteiger charge is 2.24. The minimum absolute atomic E-state index is 0.00268. The fraction of sp³-hybridized carbons (Fsp3) is 0.250. The molecule has 3 N–H and O–H groups in total. The molecule has 0 aromatic carbocycles. The smallest absolute Gasteiger partial charge is 0.341 e. The Morgan fingerprint density at radius 3 is 2.82 bits per heavy atom. The van der Waals surface area contributed by atoms with E-state index >= 15 is 0 Å². The number of esters is 1. The van der Waals surface area contributed by atoms with Crippen molar-refractivity contribution in [1.29, 1.82) is 0 Å². The number of carbonyl (C=O) groups excluding carboxylic acids is 2. The van der Waals surface area contributed by atoms with Gasteiger partial charge in [-0.25, -0.2) is 14.2 Å². The van der Waals surface area contributed by atoms with Crippen molar-refractivity contribution in [2.75, 3.05) is 23.5 Å². The lowest BCUT2D eigenvalue weighted by molar-refractivity contribution is -0.113. The second-order valence-electron chi connectivity index (χ2n) is 6.88. The number of aromatic nitrogens is 5. The van der Waals surface area contributed by atoms with Crippen LogP contribution in [0.15, 0.2) is 39.4 Å². The molecular formula is C20H21N7O4S2. The number of carbonyl (C=O) groups is 2. The van der Waals surface area contributed by atoms with Crippen LogP contribution in [0.1, 0.15) is 28.7 Å². The highest BCUT2D eigenvalue weighted by atomic mass is 32.2. The molecule has 0 aliphatic rings. The molecule has 0 aliphatic carbocycles. The van der Waals surface area contributed by atoms with Crippen molar-refractivity contribution >= 4 is 40.0 Å². The van der Waals surface area contributed by atoms with Crippen LogP contribution in [-0.2, 0) is 9.53 Å². The number of nitrogens with two attached hydrogens (primary N) is 1. The van der Waals surface area contributed by atoms with Gasteiger partial charge in [-0.1, -0.05) is 11.8 Å². The number of nitrogens with one attached hydrogen (secondary N) is 1. The number of aryl methyl sites for hydroxylation is 2. The van der Waals surface area contributed by atoms with Crippen LogP contribution in [0, 0.1) is 13.8 Å². The van der Waals surface area contributed by atoms with Gasteiger partial charge in [0.25, 0.3) is 5.95 Å². The van der Waals surface area contributed by atoms with E-state index in [0.29, 0.717) is 27.4 Å². The maximum Gasteiger partial charge on any atom is 0.341 e. The zero-order valence-corrected chi connectivity index (χ0v) is 19.7. The molecule has 0 saturated heterocycles. The van der Waals surface area contributed by atoms with E-state index in [-0.39, 0.29) is 23.8 Å². The first kappa shape index (κ1) is 22.6. The molecule has 0 spiro atoms. The molecule has 4 aromatic heterocycles. The fourth-order valence-electron chi connectivity index (χ4n) is 3.11. The van der Waals surface area contributed by atoms with Crippen LogP contribution in [0.4, 0.5) is 5.00 Å². The predicted molar refractivity (Wildman–Crippen MR) is 124 cm³/mol. The summed E-state index contributed by atoms with van der Waals surface area (Å²) in [5.74, 6) is 6.10. The maximum atomic E-state index is 12.6. The molecule has 4 aromatic rings. The molecule has 172 valence electrons. The maximum absolute atomic E-state index is 12.6. The number of hydrogen-bond acceptors (Lipinski definition) is 10. The molecule has 4 rings (SSSR count). The van der Waals surface area contributed by atoms with Crippen molar-refractivity contribution in [3.8, 4) is 17.3 Å². The molecule has 0 radical (unpaired) electrons. The normalized spacial score (nSPS) is 11.0. The molecule has 0 fully saturated rings. The summed E-state index contributed by atoms with van der Waals surface area (Å²) in [4.78, 5) is 25.2. The van der Waals surface area contributed by atoms with Crippen LogP contribution in [0.2, 0.25) is 0 Å². The molecule has 1 amide bonds. The van der Waals surface area contributed by atoms with E-state index in [0.717, 1.165) is 23.1 Å². The highest BCUT2D eigenvalue weighted by Crippen LogP contribution is 2.36. The minimum Gasteiger partial charge on any atom is -0.464 e. The van der Waals surface area contributed by atoms with Crippen LogP contribution in [0.5, 0.6) is 0 Å². The third-order valence-corrected chi connectivity index (χ3v) is 6.33. The zero-order chi connectivity index (χ0) is 23.5. The summed E-state index contributed by atoms with van der Waals surface area (Å²) in [6.45, 7) is 5.68. The first-order valence-electron chi connectivity index (χ1n) is 9.88. The molecule has 33 heavy (non-hydrogen) atoms. The second-order valence-corrected chi connectivity index (χ2v) is 8.70. The average Bonchev–Trinajstić information content (AvgIpc) is 3.54. The lowest BCUT2D eigenvalue weighted by Crippen LogP contribution is -2.19. The predicted octanol–water partition coefficient (Wildman–Crippen LogP) is 3.02. The first-order chi connectivity index (χ1) is 15.9. The molecule has 11 nitrogen and oxygen atoms in total.